The van der Waals surface area contributed by atoms with E-state index >= 15 is 0 Å². The number of rotatable bonds is 7. The Morgan fingerprint density at radius 2 is 2.04 bits per heavy atom. The van der Waals surface area contributed by atoms with Gasteiger partial charge in [0.25, 0.3) is 5.91 Å². The van der Waals surface area contributed by atoms with Gasteiger partial charge < -0.3 is 10.1 Å². The normalized spacial score (nSPS) is 10.2. The van der Waals surface area contributed by atoms with Crippen LogP contribution in [-0.2, 0) is 6.54 Å². The van der Waals surface area contributed by atoms with E-state index in [1.807, 2.05) is 30.3 Å². The molecule has 0 aliphatic carbocycles. The molecule has 1 heterocycles. The third-order valence-electron chi connectivity index (χ3n) is 3.44. The molecule has 6 nitrogen and oxygen atoms in total. The van der Waals surface area contributed by atoms with Crippen LogP contribution in [0.1, 0.15) is 16.2 Å². The molecule has 0 bridgehead atoms. The number of aromatic nitrogens is 3. The molecule has 3 rings (SSSR count). The monoisotopic (exact) mass is 334 g/mol. The zero-order chi connectivity index (χ0) is 17.5. The van der Waals surface area contributed by atoms with E-state index in [0.29, 0.717) is 29.6 Å². The Morgan fingerprint density at radius 3 is 2.84 bits per heavy atom. The highest BCUT2D eigenvalue weighted by molar-refractivity contribution is 5.94. The molecule has 1 aromatic heterocycles. The molecular weight excluding hydrogens is 316 g/mol. The number of ether oxygens (including phenoxy) is 1. The number of carbonyl (C=O) groups excluding carboxylic acids is 1. The van der Waals surface area contributed by atoms with Gasteiger partial charge in [0.15, 0.2) is 5.82 Å². The SMILES string of the molecule is C=CCOc1cccc(C(=O)NCc2nc(-c3ccccc3)n[nH]2)c1. The van der Waals surface area contributed by atoms with Crippen molar-refractivity contribution in [3.8, 4) is 17.1 Å². The van der Waals surface area contributed by atoms with E-state index in [1.165, 1.54) is 0 Å². The molecule has 0 aliphatic rings. The van der Waals surface area contributed by atoms with Gasteiger partial charge in [-0.3, -0.25) is 9.89 Å². The molecule has 3 aromatic rings. The van der Waals surface area contributed by atoms with E-state index in [0.717, 1.165) is 5.56 Å². The van der Waals surface area contributed by atoms with Crippen molar-refractivity contribution in [2.24, 2.45) is 0 Å². The summed E-state index contributed by atoms with van der Waals surface area (Å²) in [6.45, 7) is 4.25. The maximum absolute atomic E-state index is 12.3. The van der Waals surface area contributed by atoms with Gasteiger partial charge in [-0.25, -0.2) is 4.98 Å². The third kappa shape index (κ3) is 4.32. The van der Waals surface area contributed by atoms with Crippen molar-refractivity contribution in [2.45, 2.75) is 6.54 Å². The Morgan fingerprint density at radius 1 is 1.20 bits per heavy atom. The molecule has 0 spiro atoms. The molecular formula is C19H18N4O2. The van der Waals surface area contributed by atoms with Crippen molar-refractivity contribution in [3.05, 3.63) is 78.6 Å². The molecule has 0 atom stereocenters. The average Bonchev–Trinajstić information content (AvgIpc) is 3.14. The highest BCUT2D eigenvalue weighted by Crippen LogP contribution is 2.14. The van der Waals surface area contributed by atoms with Crippen molar-refractivity contribution in [1.82, 2.24) is 20.5 Å². The number of H-pyrrole nitrogens is 1. The van der Waals surface area contributed by atoms with Crippen LogP contribution in [0.15, 0.2) is 67.3 Å². The van der Waals surface area contributed by atoms with Crippen LogP contribution in [0.25, 0.3) is 11.4 Å². The lowest BCUT2D eigenvalue weighted by Gasteiger charge is -2.06. The van der Waals surface area contributed by atoms with Crippen molar-refractivity contribution in [1.29, 1.82) is 0 Å². The molecule has 126 valence electrons. The molecule has 1 amide bonds. The highest BCUT2D eigenvalue weighted by Gasteiger charge is 2.09. The molecule has 0 saturated carbocycles. The van der Waals surface area contributed by atoms with Gasteiger partial charge in [-0.15, -0.1) is 0 Å². The second kappa shape index (κ2) is 7.92. The fourth-order valence-electron chi connectivity index (χ4n) is 2.24. The van der Waals surface area contributed by atoms with Gasteiger partial charge in [-0.1, -0.05) is 49.1 Å². The summed E-state index contributed by atoms with van der Waals surface area (Å²) >= 11 is 0. The number of hydrogen-bond acceptors (Lipinski definition) is 4. The minimum absolute atomic E-state index is 0.207. The molecule has 0 unspecified atom stereocenters. The van der Waals surface area contributed by atoms with Gasteiger partial charge in [-0.05, 0) is 18.2 Å². The molecule has 2 N–H and O–H groups in total. The summed E-state index contributed by atoms with van der Waals surface area (Å²) < 4.78 is 5.43. The van der Waals surface area contributed by atoms with Crippen LogP contribution in [0.4, 0.5) is 0 Å². The topological polar surface area (TPSA) is 79.9 Å². The summed E-state index contributed by atoms with van der Waals surface area (Å²) in [7, 11) is 0. The van der Waals surface area contributed by atoms with E-state index in [9.17, 15) is 4.79 Å². The predicted molar refractivity (Wildman–Crippen MR) is 95.1 cm³/mol. The van der Waals surface area contributed by atoms with E-state index in [2.05, 4.69) is 27.1 Å². The van der Waals surface area contributed by atoms with Crippen LogP contribution < -0.4 is 10.1 Å². The van der Waals surface area contributed by atoms with Gasteiger partial charge in [0.05, 0.1) is 6.54 Å². The van der Waals surface area contributed by atoms with E-state index in [4.69, 9.17) is 4.74 Å². The fourth-order valence-corrected chi connectivity index (χ4v) is 2.24. The molecule has 2 aromatic carbocycles. The number of amides is 1. The molecule has 0 radical (unpaired) electrons. The first-order valence-corrected chi connectivity index (χ1v) is 7.85. The lowest BCUT2D eigenvalue weighted by Crippen LogP contribution is -2.23. The number of nitrogens with zero attached hydrogens (tertiary/aromatic N) is 2. The van der Waals surface area contributed by atoms with Gasteiger partial charge in [0, 0.05) is 11.1 Å². The minimum Gasteiger partial charge on any atom is -0.490 e. The van der Waals surface area contributed by atoms with Crippen LogP contribution >= 0.6 is 0 Å². The van der Waals surface area contributed by atoms with Crippen LogP contribution in [0.2, 0.25) is 0 Å². The number of benzene rings is 2. The lowest BCUT2D eigenvalue weighted by molar-refractivity contribution is 0.0949. The summed E-state index contributed by atoms with van der Waals surface area (Å²) in [6.07, 6.45) is 1.65. The Hall–Kier alpha value is -3.41. The Bertz CT molecular complexity index is 859. The van der Waals surface area contributed by atoms with E-state index in [1.54, 1.807) is 30.3 Å². The quantitative estimate of drug-likeness (QED) is 0.651. The first-order valence-electron chi connectivity index (χ1n) is 7.85. The zero-order valence-electron chi connectivity index (χ0n) is 13.6. The Kier molecular flexibility index (Phi) is 5.21. The number of nitrogens with one attached hydrogen (secondary N) is 2. The van der Waals surface area contributed by atoms with Crippen molar-refractivity contribution >= 4 is 5.91 Å². The zero-order valence-corrected chi connectivity index (χ0v) is 13.6. The number of hydrogen-bond donors (Lipinski definition) is 2. The first-order chi connectivity index (χ1) is 12.3. The molecule has 6 heteroatoms. The van der Waals surface area contributed by atoms with Gasteiger partial charge >= 0.3 is 0 Å². The van der Waals surface area contributed by atoms with Crippen LogP contribution in [0.5, 0.6) is 5.75 Å². The molecule has 0 fully saturated rings. The minimum atomic E-state index is -0.207. The summed E-state index contributed by atoms with van der Waals surface area (Å²) in [5, 5.41) is 9.82. The summed E-state index contributed by atoms with van der Waals surface area (Å²) in [4.78, 5) is 16.7. The summed E-state index contributed by atoms with van der Waals surface area (Å²) in [5.74, 6) is 1.61. The average molecular weight is 334 g/mol. The summed E-state index contributed by atoms with van der Waals surface area (Å²) in [5.41, 5.74) is 1.44. The maximum atomic E-state index is 12.3. The number of carbonyl (C=O) groups is 1. The Labute approximate surface area is 145 Å². The van der Waals surface area contributed by atoms with E-state index in [-0.39, 0.29) is 12.5 Å². The van der Waals surface area contributed by atoms with Crippen LogP contribution in [-0.4, -0.2) is 27.7 Å². The van der Waals surface area contributed by atoms with Gasteiger partial charge in [0.2, 0.25) is 0 Å². The van der Waals surface area contributed by atoms with Crippen LogP contribution in [0.3, 0.4) is 0 Å². The third-order valence-corrected chi connectivity index (χ3v) is 3.44. The first kappa shape index (κ1) is 16.4. The molecule has 25 heavy (non-hydrogen) atoms. The van der Waals surface area contributed by atoms with Gasteiger partial charge in [0.1, 0.15) is 18.2 Å². The second-order valence-corrected chi connectivity index (χ2v) is 5.28. The molecule has 0 saturated heterocycles. The number of aromatic amines is 1. The summed E-state index contributed by atoms with van der Waals surface area (Å²) in [6, 6.07) is 16.6. The van der Waals surface area contributed by atoms with E-state index < -0.39 is 0 Å². The highest BCUT2D eigenvalue weighted by atomic mass is 16.5. The second-order valence-electron chi connectivity index (χ2n) is 5.28. The van der Waals surface area contributed by atoms with Crippen molar-refractivity contribution in [2.75, 3.05) is 6.61 Å². The van der Waals surface area contributed by atoms with Gasteiger partial charge in [-0.2, -0.15) is 5.10 Å². The fraction of sp³-hybridized carbons (Fsp3) is 0.105. The van der Waals surface area contributed by atoms with Crippen molar-refractivity contribution in [3.63, 3.8) is 0 Å². The van der Waals surface area contributed by atoms with Crippen LogP contribution in [0, 0.1) is 0 Å². The maximum Gasteiger partial charge on any atom is 0.251 e. The van der Waals surface area contributed by atoms with Crippen molar-refractivity contribution < 1.29 is 9.53 Å². The Balaban J connectivity index is 1.61. The predicted octanol–water partition coefficient (Wildman–Crippen LogP) is 2.97. The standard InChI is InChI=1S/C19H18N4O2/c1-2-11-25-16-10-6-9-15(12-16)19(24)20-13-17-21-18(23-22-17)14-7-4-3-5-8-14/h2-10,12H,1,11,13H2,(H,20,24)(H,21,22,23). The lowest BCUT2D eigenvalue weighted by atomic mass is 10.2. The smallest absolute Gasteiger partial charge is 0.251 e. The molecule has 0 aliphatic heterocycles. The largest absolute Gasteiger partial charge is 0.490 e.